The van der Waals surface area contributed by atoms with E-state index in [2.05, 4.69) is 0 Å². The Morgan fingerprint density at radius 1 is 0.188 bits per heavy atom. The van der Waals surface area contributed by atoms with Crippen LogP contribution in [0.3, 0.4) is 0 Å². The van der Waals surface area contributed by atoms with Crippen molar-refractivity contribution in [3.05, 3.63) is 0 Å². The van der Waals surface area contributed by atoms with Gasteiger partial charge in [-0.2, -0.15) is 0 Å². The third-order valence-electron chi connectivity index (χ3n) is 22.3. The molecule has 13 aliphatic rings. The topological polar surface area (TPSA) is 777 Å². The average molecular weight is 1720 g/mol. The fourth-order valence-corrected chi connectivity index (χ4v) is 15.0. The lowest BCUT2D eigenvalue weighted by molar-refractivity contribution is -0.372. The molecule has 0 amide bonds. The van der Waals surface area contributed by atoms with Crippen molar-refractivity contribution >= 4 is 0 Å². The lowest BCUT2D eigenvalue weighted by atomic mass is 10.0. The second-order valence-electron chi connectivity index (χ2n) is 30.4. The minimum Gasteiger partial charge on any atom is -0.394 e. The van der Waals surface area contributed by atoms with Gasteiger partial charge >= 0.3 is 0 Å². The van der Waals surface area contributed by atoms with Gasteiger partial charge in [0.1, 0.15) is 226 Å². The summed E-state index contributed by atoms with van der Waals surface area (Å²) in [6.45, 7) is -7.06. The highest BCUT2D eigenvalue weighted by Crippen LogP contribution is 2.38. The SMILES string of the molecule is OC[C@@H]1O[C@@H](O[C@@H]2C(O)[C@H](O[C@@H]3CO[C@H](O[C@@H]4CO[C@H](O[C@@H]5CO[C@H](O[C@@H]6CO[C@H](O[C@@H]7CO[C@H](O[C@@H]8CO[C@H](O[C@@H]9CO[C@H](O[C@@H]%10CO[C@H](O[C@@H]%11CO[C@@H](O[C@@H]%12CO[C@@H](O)C(O)[C@H]%12O)C(O)[C@H]%11O)C(O)[C@H]%10O)C(O)[C@H]9O)C(O)[C@H]8O)C(O)[C@H]7O)C(O)[C@H]6O)C(O)[C@H]5O)C(O)[C@H]4O)C(O)[C@H]3O)OC[C@H]2O[C@@H]2OC[C@@H](O)[C@H](O)C2O)C[C@@H]1O. The third-order valence-corrected chi connectivity index (χ3v) is 22.3. The maximum Gasteiger partial charge on any atom is 0.186 e. The Morgan fingerprint density at radius 2 is 0.385 bits per heavy atom. The van der Waals surface area contributed by atoms with Gasteiger partial charge in [0.05, 0.1) is 92.0 Å². The van der Waals surface area contributed by atoms with Crippen molar-refractivity contribution < 1.29 is 256 Å². The minimum absolute atomic E-state index is 0.167. The maximum absolute atomic E-state index is 11.6. The van der Waals surface area contributed by atoms with Crippen molar-refractivity contribution in [1.82, 2.24) is 0 Å². The third kappa shape index (κ3) is 20.5. The lowest BCUT2D eigenvalue weighted by Gasteiger charge is -2.46. The first-order valence-corrected chi connectivity index (χ1v) is 37.9. The summed E-state index contributed by atoms with van der Waals surface area (Å²) < 4.78 is 140. The van der Waals surface area contributed by atoms with E-state index in [0.717, 1.165) is 0 Å². The zero-order valence-corrected chi connectivity index (χ0v) is 61.6. The van der Waals surface area contributed by atoms with E-state index in [0.29, 0.717) is 0 Å². The molecule has 0 aromatic rings. The number of aliphatic hydroxyl groups excluding tert-OH is 27. The molecule has 678 valence electrons. The van der Waals surface area contributed by atoms with Crippen LogP contribution in [0.1, 0.15) is 6.42 Å². The molecule has 0 aliphatic carbocycles. The molecule has 0 aromatic carbocycles. The van der Waals surface area contributed by atoms with Crippen LogP contribution in [-0.4, -0.2) is 537 Å². The summed E-state index contributed by atoms with van der Waals surface area (Å²) in [4.78, 5) is 0. The monoisotopic (exact) mass is 1720 g/mol. The predicted octanol–water partition coefficient (Wildman–Crippen LogP) is -20.0. The second-order valence-corrected chi connectivity index (χ2v) is 30.4. The molecule has 13 heterocycles. The van der Waals surface area contributed by atoms with Gasteiger partial charge in [0, 0.05) is 6.42 Å². The zero-order chi connectivity index (χ0) is 84.0. The normalized spacial score (nSPS) is 54.4. The number of ether oxygens (including phenoxy) is 25. The summed E-state index contributed by atoms with van der Waals surface area (Å²) in [6, 6.07) is 0. The summed E-state index contributed by atoms with van der Waals surface area (Å²) in [5, 5.41) is 291. The summed E-state index contributed by atoms with van der Waals surface area (Å²) >= 11 is 0. The van der Waals surface area contributed by atoms with Gasteiger partial charge in [0.15, 0.2) is 81.8 Å². The molecule has 51 atom stereocenters. The van der Waals surface area contributed by atoms with Crippen molar-refractivity contribution in [2.75, 3.05) is 85.9 Å². The molecule has 0 aromatic heterocycles. The van der Waals surface area contributed by atoms with Crippen molar-refractivity contribution in [3.8, 4) is 0 Å². The van der Waals surface area contributed by atoms with Crippen molar-refractivity contribution in [1.29, 1.82) is 0 Å². The Morgan fingerprint density at radius 3 is 0.624 bits per heavy atom. The van der Waals surface area contributed by atoms with Crippen LogP contribution >= 0.6 is 0 Å². The number of rotatable bonds is 25. The van der Waals surface area contributed by atoms with E-state index < -0.39 is 400 Å². The Balaban J connectivity index is 0.497. The number of hydrogen-bond donors (Lipinski definition) is 27. The van der Waals surface area contributed by atoms with Crippen LogP contribution in [0.15, 0.2) is 0 Å². The molecule has 13 aliphatic heterocycles. The molecule has 0 radical (unpaired) electrons. The molecule has 27 N–H and O–H groups in total. The molecule has 52 heteroatoms. The van der Waals surface area contributed by atoms with E-state index in [1.54, 1.807) is 0 Å². The largest absolute Gasteiger partial charge is 0.394 e. The zero-order valence-electron chi connectivity index (χ0n) is 61.6. The Kier molecular flexibility index (Phi) is 31.9. The Hall–Kier alpha value is -2.08. The second kappa shape index (κ2) is 40.3. The van der Waals surface area contributed by atoms with Crippen LogP contribution in [-0.2, 0) is 118 Å². The van der Waals surface area contributed by atoms with Crippen molar-refractivity contribution in [3.63, 3.8) is 0 Å². The summed E-state index contributed by atoms with van der Waals surface area (Å²) in [6.07, 6.45) is -85.7. The van der Waals surface area contributed by atoms with Gasteiger partial charge in [-0.05, 0) is 0 Å². The fraction of sp³-hybridized carbons (Fsp3) is 1.00. The first-order valence-electron chi connectivity index (χ1n) is 37.9. The van der Waals surface area contributed by atoms with Gasteiger partial charge in [-0.25, -0.2) is 0 Å². The molecule has 13 fully saturated rings. The van der Waals surface area contributed by atoms with Gasteiger partial charge in [-0.3, -0.25) is 0 Å². The first-order chi connectivity index (χ1) is 55.7. The van der Waals surface area contributed by atoms with E-state index in [4.69, 9.17) is 118 Å². The molecule has 0 saturated carbocycles. The van der Waals surface area contributed by atoms with Crippen LogP contribution in [0.4, 0.5) is 0 Å². The number of aliphatic hydroxyl groups is 27. The van der Waals surface area contributed by atoms with Gasteiger partial charge in [0.25, 0.3) is 0 Å². The predicted molar refractivity (Wildman–Crippen MR) is 348 cm³/mol. The van der Waals surface area contributed by atoms with Gasteiger partial charge < -0.3 is 256 Å². The Bertz CT molecular complexity index is 3030. The number of hydrogen-bond acceptors (Lipinski definition) is 52. The van der Waals surface area contributed by atoms with Gasteiger partial charge in [-0.1, -0.05) is 0 Å². The van der Waals surface area contributed by atoms with Gasteiger partial charge in [-0.15, -0.1) is 0 Å². The molecule has 0 spiro atoms. The highest BCUT2D eigenvalue weighted by atomic mass is 16.8. The molecular weight excluding hydrogens is 1610 g/mol. The molecule has 12 unspecified atom stereocenters. The standard InChI is InChI=1S/C65H106O52/c66-2-17-15(67)1-29(105-17)117-53-28(116-55-42(81)30(69)16(68)3-94-55)14-104-65(52(53)91)115-27-13-103-64(51(90)40(27)79)114-26-12-102-63(50(89)39(26)78)113-25-11-101-62(49(88)38(25)77)112-24-10-100-61(48(87)37(24)76)111-23-9-99-60(47(86)36(23)75)110-22-8-98-59(46(85)35(22)74)109-21-7-97-58(45(84)34(21)73)108-20-6-96-57(44(83)33(20)72)107-19-5-95-56(43(82)32(19)71)106-18-4-93-54(92)41(80)31(18)70/h15-92H,1-14H2/t15-,16+,17-,18+,19+,20+,21+,22+,23+,24+,25+,26+,27+,28+,29-,30-,31-,32-,33-,34-,35-,36-,37-,38-,39-,40-,41?,42?,43?,44?,45?,46?,47?,48?,49?,50?,51?,52?,53-,54+,55-,56-,57+,58+,59+,60+,61+,62+,63+,64+,65-/m0/s1. The van der Waals surface area contributed by atoms with E-state index in [1.807, 2.05) is 0 Å². The highest BCUT2D eigenvalue weighted by molar-refractivity contribution is 4.99. The average Bonchev–Trinajstić information content (AvgIpc) is 1.77. The van der Waals surface area contributed by atoms with E-state index in [1.165, 1.54) is 0 Å². The summed E-state index contributed by atoms with van der Waals surface area (Å²) in [5.41, 5.74) is 0. The fourth-order valence-electron chi connectivity index (χ4n) is 15.0. The molecule has 52 nitrogen and oxygen atoms in total. The van der Waals surface area contributed by atoms with E-state index in [-0.39, 0.29) is 6.42 Å². The first kappa shape index (κ1) is 92.6. The summed E-state index contributed by atoms with van der Waals surface area (Å²) in [5.74, 6) is 0. The molecule has 0 bridgehead atoms. The molecule has 117 heavy (non-hydrogen) atoms. The molecule has 13 rings (SSSR count). The lowest BCUT2D eigenvalue weighted by Crippen LogP contribution is -2.64. The molecule has 13 saturated heterocycles. The van der Waals surface area contributed by atoms with Crippen LogP contribution in [0, 0.1) is 0 Å². The quantitative estimate of drug-likeness (QED) is 0.0404. The maximum atomic E-state index is 11.6. The van der Waals surface area contributed by atoms with E-state index >= 15 is 0 Å². The smallest absolute Gasteiger partial charge is 0.186 e. The van der Waals surface area contributed by atoms with Crippen molar-refractivity contribution in [2.24, 2.45) is 0 Å². The van der Waals surface area contributed by atoms with E-state index in [9.17, 15) is 138 Å². The van der Waals surface area contributed by atoms with Crippen LogP contribution in [0.25, 0.3) is 0 Å². The van der Waals surface area contributed by atoms with Crippen molar-refractivity contribution in [2.45, 2.75) is 320 Å². The minimum atomic E-state index is -1.98. The van der Waals surface area contributed by atoms with Crippen LogP contribution < -0.4 is 0 Å². The van der Waals surface area contributed by atoms with Crippen LogP contribution in [0.2, 0.25) is 0 Å². The molecular formula is C65H106O52. The van der Waals surface area contributed by atoms with Crippen LogP contribution in [0.5, 0.6) is 0 Å². The summed E-state index contributed by atoms with van der Waals surface area (Å²) in [7, 11) is 0. The Labute approximate surface area is 660 Å². The highest BCUT2D eigenvalue weighted by Gasteiger charge is 2.57. The van der Waals surface area contributed by atoms with Gasteiger partial charge in [0.2, 0.25) is 0 Å².